The predicted octanol–water partition coefficient (Wildman–Crippen LogP) is 4.67. The number of hydrogen-bond acceptors (Lipinski definition) is 11. The van der Waals surface area contributed by atoms with E-state index in [9.17, 15) is 38.3 Å². The molecular weight excluding hydrogens is 833 g/mol. The van der Waals surface area contributed by atoms with E-state index >= 15 is 4.39 Å². The normalized spacial score (nSPS) is 35.4. The number of benzene rings is 1. The average molecular weight is 888 g/mol. The Kier molecular flexibility index (Phi) is 13.6. The van der Waals surface area contributed by atoms with Crippen LogP contribution in [0.5, 0.6) is 0 Å². The Hall–Kier alpha value is -3.64. The number of aliphatic hydroxyl groups is 1. The average Bonchev–Trinajstić information content (AvgIpc) is 3.72. The van der Waals surface area contributed by atoms with Gasteiger partial charge in [0.2, 0.25) is 22.8 Å². The molecule has 0 bridgehead atoms. The van der Waals surface area contributed by atoms with Gasteiger partial charge < -0.3 is 35.6 Å². The molecule has 0 aromatic heterocycles. The smallest absolute Gasteiger partial charge is 0.303 e. The van der Waals surface area contributed by atoms with Gasteiger partial charge in [0.05, 0.1) is 24.5 Å². The summed E-state index contributed by atoms with van der Waals surface area (Å²) in [4.78, 5) is 74.6. The topological polar surface area (TPSA) is 197 Å². The van der Waals surface area contributed by atoms with Crippen molar-refractivity contribution in [2.75, 3.05) is 18.3 Å². The molecule has 13 nitrogen and oxygen atoms in total. The fourth-order valence-electron chi connectivity index (χ4n) is 11.8. The van der Waals surface area contributed by atoms with Crippen LogP contribution in [0, 0.1) is 40.3 Å². The highest BCUT2D eigenvalue weighted by molar-refractivity contribution is 8.13. The molecule has 5 fully saturated rings. The van der Waals surface area contributed by atoms with Crippen LogP contribution >= 0.6 is 24.4 Å². The van der Waals surface area contributed by atoms with E-state index in [0.717, 1.165) is 24.0 Å². The number of allylic oxidation sites excluding steroid dienone is 4. The summed E-state index contributed by atoms with van der Waals surface area (Å²) in [5.41, 5.74) is -1.20. The first-order valence-corrected chi connectivity index (χ1v) is 22.8. The molecule has 1 aromatic rings. The SMILES string of the molecule is C[C@]12C=CC(=O)C=C1CC[C@@H]1[C@@H]2[C@@H](O)C[C@@]2(C)[C@H]1C[C@H]1O[C@@H](c3ccc(CC4CCC(NC(=O)[C@H](CCC(=O)O)NC(=O)CNC(=O)CS)CC4)cc3F)O[C@]12C(=O)SCF. The second kappa shape index (κ2) is 18.2. The molecule has 0 unspecified atom stereocenters. The van der Waals surface area contributed by atoms with Crippen molar-refractivity contribution in [3.05, 3.63) is 58.9 Å². The molecule has 332 valence electrons. The van der Waals surface area contributed by atoms with Crippen LogP contribution < -0.4 is 16.0 Å². The highest BCUT2D eigenvalue weighted by Gasteiger charge is 2.76. The van der Waals surface area contributed by atoms with Gasteiger partial charge in [0.25, 0.3) is 0 Å². The Morgan fingerprint density at radius 3 is 2.52 bits per heavy atom. The first kappa shape index (κ1) is 45.4. The summed E-state index contributed by atoms with van der Waals surface area (Å²) in [5, 5.41) is 28.4. The number of ether oxygens (including phenoxy) is 2. The highest BCUT2D eigenvalue weighted by atomic mass is 32.2. The van der Waals surface area contributed by atoms with Gasteiger partial charge in [0, 0.05) is 34.8 Å². The van der Waals surface area contributed by atoms with Crippen LogP contribution in [0.3, 0.4) is 0 Å². The number of amides is 3. The number of rotatable bonds is 14. The summed E-state index contributed by atoms with van der Waals surface area (Å²) in [6, 6.07) is 2.58. The number of carboxylic acid groups (broad SMARTS) is 1. The summed E-state index contributed by atoms with van der Waals surface area (Å²) < 4.78 is 43.2. The number of aliphatic hydroxyl groups excluding tert-OH is 1. The van der Waals surface area contributed by atoms with E-state index in [1.54, 1.807) is 18.2 Å². The van der Waals surface area contributed by atoms with Crippen LogP contribution in [0.2, 0.25) is 0 Å². The van der Waals surface area contributed by atoms with Crippen LogP contribution in [0.4, 0.5) is 8.78 Å². The third-order valence-electron chi connectivity index (χ3n) is 14.7. The van der Waals surface area contributed by atoms with E-state index in [1.807, 2.05) is 19.1 Å². The van der Waals surface area contributed by atoms with Crippen molar-refractivity contribution in [1.29, 1.82) is 0 Å². The van der Waals surface area contributed by atoms with Crippen molar-refractivity contribution in [2.24, 2.45) is 34.5 Å². The van der Waals surface area contributed by atoms with Gasteiger partial charge in [0.1, 0.15) is 17.9 Å². The minimum atomic E-state index is -1.62. The first-order chi connectivity index (χ1) is 29.0. The maximum absolute atomic E-state index is 16.1. The maximum atomic E-state index is 16.1. The van der Waals surface area contributed by atoms with E-state index < -0.39 is 81.6 Å². The molecule has 1 saturated heterocycles. The second-order valence-electron chi connectivity index (χ2n) is 18.1. The Morgan fingerprint density at radius 2 is 1.84 bits per heavy atom. The van der Waals surface area contributed by atoms with E-state index in [0.29, 0.717) is 50.3 Å². The molecule has 1 aromatic carbocycles. The number of thiol groups is 1. The van der Waals surface area contributed by atoms with Gasteiger partial charge in [-0.15, -0.1) is 0 Å². The Morgan fingerprint density at radius 1 is 1.08 bits per heavy atom. The molecule has 6 aliphatic rings. The number of carbonyl (C=O) groups is 6. The number of carbonyl (C=O) groups excluding carboxylic acids is 5. The molecular formula is C44H55F2N3O10S2. The van der Waals surface area contributed by atoms with Gasteiger partial charge in [-0.3, -0.25) is 28.8 Å². The van der Waals surface area contributed by atoms with E-state index in [4.69, 9.17) is 14.6 Å². The molecule has 5 N–H and O–H groups in total. The quantitative estimate of drug-likeness (QED) is 0.142. The van der Waals surface area contributed by atoms with Gasteiger partial charge in [-0.05, 0) is 106 Å². The van der Waals surface area contributed by atoms with Crippen LogP contribution in [-0.2, 0) is 44.7 Å². The lowest BCUT2D eigenvalue weighted by Gasteiger charge is -2.59. The van der Waals surface area contributed by atoms with Crippen LogP contribution in [0.25, 0.3) is 0 Å². The van der Waals surface area contributed by atoms with Gasteiger partial charge in [-0.1, -0.05) is 49.4 Å². The summed E-state index contributed by atoms with van der Waals surface area (Å²) >= 11 is 4.35. The van der Waals surface area contributed by atoms with Crippen LogP contribution in [0.1, 0.15) is 95.5 Å². The van der Waals surface area contributed by atoms with Crippen molar-refractivity contribution in [2.45, 2.75) is 121 Å². The summed E-state index contributed by atoms with van der Waals surface area (Å²) in [6.45, 7) is 3.62. The molecule has 3 amide bonds. The minimum Gasteiger partial charge on any atom is -0.481 e. The zero-order valence-electron chi connectivity index (χ0n) is 34.3. The van der Waals surface area contributed by atoms with Gasteiger partial charge in [-0.25, -0.2) is 8.78 Å². The van der Waals surface area contributed by atoms with E-state index in [-0.39, 0.29) is 72.6 Å². The van der Waals surface area contributed by atoms with Crippen molar-refractivity contribution >= 4 is 59.0 Å². The Bertz CT molecular complexity index is 1990. The number of nitrogens with one attached hydrogen (secondary N) is 3. The Balaban J connectivity index is 0.984. The number of aliphatic carboxylic acids is 1. The van der Waals surface area contributed by atoms with Crippen LogP contribution in [0.15, 0.2) is 42.0 Å². The third kappa shape index (κ3) is 8.70. The first-order valence-electron chi connectivity index (χ1n) is 21.2. The number of hydrogen-bond donors (Lipinski definition) is 6. The van der Waals surface area contributed by atoms with Crippen LogP contribution in [-0.4, -0.2) is 93.0 Å². The number of thioether (sulfide) groups is 1. The van der Waals surface area contributed by atoms with Crippen molar-refractivity contribution < 1.29 is 57.2 Å². The molecule has 0 spiro atoms. The molecule has 5 aliphatic carbocycles. The standard InChI is InChI=1S/C44H55F2N3O10S2/c1-42-14-13-27(50)17-25(42)6-10-28-30-18-34-44(41(57)61-22-45,43(30,2)19-33(51)38(28)42)59-40(58-34)29-9-5-24(16-31(29)46)15-23-3-7-26(8-4-23)48-39(56)32(11-12-37(54)55)49-35(52)20-47-36(53)21-60/h5,9,13-14,16-17,23,26,28,30,32-34,38,40,51,60H,3-4,6-8,10-12,15,18-22H2,1-2H3,(H,47,53)(H,48,56)(H,49,52)(H,54,55)/t23?,26?,28-,30-,32-,33-,34+,38+,40+,42-,43-,44-/m0/s1. The van der Waals surface area contributed by atoms with E-state index in [1.165, 1.54) is 6.07 Å². The number of alkyl halides is 1. The third-order valence-corrected chi connectivity index (χ3v) is 15.6. The molecule has 0 radical (unpaired) electrons. The predicted molar refractivity (Wildman–Crippen MR) is 223 cm³/mol. The van der Waals surface area contributed by atoms with E-state index in [2.05, 4.69) is 35.5 Å². The van der Waals surface area contributed by atoms with Gasteiger partial charge >= 0.3 is 5.97 Å². The fourth-order valence-corrected chi connectivity index (χ4v) is 12.6. The largest absolute Gasteiger partial charge is 0.481 e. The Labute approximate surface area is 363 Å². The molecule has 17 heteroatoms. The lowest BCUT2D eigenvalue weighted by Crippen LogP contribution is -2.62. The zero-order valence-corrected chi connectivity index (χ0v) is 36.0. The lowest BCUT2D eigenvalue weighted by molar-refractivity contribution is -0.195. The summed E-state index contributed by atoms with van der Waals surface area (Å²) in [6.07, 6.45) is 7.10. The number of carboxylic acids is 1. The van der Waals surface area contributed by atoms with Gasteiger partial charge in [0.15, 0.2) is 17.7 Å². The maximum Gasteiger partial charge on any atom is 0.303 e. The summed E-state index contributed by atoms with van der Waals surface area (Å²) in [7, 11) is 0. The number of halogens is 2. The molecule has 7 rings (SSSR count). The molecule has 10 atom stereocenters. The zero-order chi connectivity index (χ0) is 43.9. The molecule has 1 heterocycles. The fraction of sp³-hybridized carbons (Fsp3) is 0.636. The number of fused-ring (bicyclic) bond motifs is 7. The molecule has 61 heavy (non-hydrogen) atoms. The van der Waals surface area contributed by atoms with Crippen molar-refractivity contribution in [3.63, 3.8) is 0 Å². The van der Waals surface area contributed by atoms with Crippen molar-refractivity contribution in [1.82, 2.24) is 16.0 Å². The van der Waals surface area contributed by atoms with Crippen molar-refractivity contribution in [3.8, 4) is 0 Å². The number of ketones is 1. The molecule has 1 aliphatic heterocycles. The minimum absolute atomic E-state index is 0.0226. The highest BCUT2D eigenvalue weighted by Crippen LogP contribution is 2.71. The monoisotopic (exact) mass is 887 g/mol. The summed E-state index contributed by atoms with van der Waals surface area (Å²) in [5.74, 6) is -3.61. The lowest BCUT2D eigenvalue weighted by atomic mass is 9.46. The van der Waals surface area contributed by atoms with Gasteiger partial charge in [-0.2, -0.15) is 12.6 Å². The second-order valence-corrected chi connectivity index (χ2v) is 19.3. The molecule has 4 saturated carbocycles.